The molecule has 0 aliphatic heterocycles. The van der Waals surface area contributed by atoms with E-state index in [1.54, 1.807) is 0 Å². The zero-order chi connectivity index (χ0) is 33.8. The number of benzene rings is 7. The SMILES string of the molecule is CC1(C)c2ccccc2-c2ccc(N(c3ccc(-c4cccc5c4C(C)(C)c4ccccc4-5)cc3)c3cccc4c3oc3ccccc34)cc21. The van der Waals surface area contributed by atoms with Gasteiger partial charge in [0.15, 0.2) is 5.58 Å². The van der Waals surface area contributed by atoms with Crippen LogP contribution in [0, 0.1) is 0 Å². The van der Waals surface area contributed by atoms with Gasteiger partial charge in [-0.05, 0) is 92.0 Å². The smallest absolute Gasteiger partial charge is 0.159 e. The van der Waals surface area contributed by atoms with E-state index in [0.717, 1.165) is 39.0 Å². The van der Waals surface area contributed by atoms with E-state index in [-0.39, 0.29) is 10.8 Å². The first-order valence-electron chi connectivity index (χ1n) is 17.6. The Kier molecular flexibility index (Phi) is 6.01. The fourth-order valence-corrected chi connectivity index (χ4v) is 9.05. The lowest BCUT2D eigenvalue weighted by Gasteiger charge is -2.28. The minimum absolute atomic E-state index is 0.0844. The van der Waals surface area contributed by atoms with Gasteiger partial charge in [0.25, 0.3) is 0 Å². The number of furan rings is 1. The van der Waals surface area contributed by atoms with Crippen LogP contribution in [0.25, 0.3) is 55.3 Å². The lowest BCUT2D eigenvalue weighted by Crippen LogP contribution is -2.17. The molecule has 10 rings (SSSR count). The summed E-state index contributed by atoms with van der Waals surface area (Å²) in [6.07, 6.45) is 0. The Balaban J connectivity index is 1.15. The highest BCUT2D eigenvalue weighted by Crippen LogP contribution is 2.53. The first kappa shape index (κ1) is 29.1. The number of rotatable bonds is 4. The second-order valence-corrected chi connectivity index (χ2v) is 14.9. The van der Waals surface area contributed by atoms with Crippen LogP contribution in [0.4, 0.5) is 17.1 Å². The fourth-order valence-electron chi connectivity index (χ4n) is 9.05. The van der Waals surface area contributed by atoms with Crippen LogP contribution in [0.3, 0.4) is 0 Å². The average Bonchev–Trinajstić information content (AvgIpc) is 3.73. The highest BCUT2D eigenvalue weighted by atomic mass is 16.3. The summed E-state index contributed by atoms with van der Waals surface area (Å²) < 4.78 is 6.65. The topological polar surface area (TPSA) is 16.4 Å². The van der Waals surface area contributed by atoms with Gasteiger partial charge in [-0.25, -0.2) is 0 Å². The molecule has 8 aromatic rings. The number of nitrogens with zero attached hydrogens (tertiary/aromatic N) is 1. The number of hydrogen-bond acceptors (Lipinski definition) is 2. The van der Waals surface area contributed by atoms with E-state index in [1.807, 2.05) is 6.07 Å². The number of fused-ring (bicyclic) bond motifs is 9. The van der Waals surface area contributed by atoms with Crippen LogP contribution in [0.2, 0.25) is 0 Å². The van der Waals surface area contributed by atoms with Gasteiger partial charge in [0.1, 0.15) is 5.58 Å². The summed E-state index contributed by atoms with van der Waals surface area (Å²) in [5.41, 5.74) is 18.2. The first-order valence-corrected chi connectivity index (χ1v) is 17.6. The molecule has 0 N–H and O–H groups in total. The standard InChI is InChI=1S/C48H37NO/c1-47(2)40-19-8-5-13-34(40)36-28-27-32(29-42(36)47)49(43-21-12-18-39-37-15-7-10-22-44(37)50-46(39)43)31-25-23-30(24-26-31)33-16-11-17-38-35-14-6-9-20-41(35)48(3,4)45(33)38/h5-29H,1-4H3. The minimum atomic E-state index is -0.110. The minimum Gasteiger partial charge on any atom is -0.454 e. The van der Waals surface area contributed by atoms with Gasteiger partial charge in [-0.15, -0.1) is 0 Å². The molecule has 0 bridgehead atoms. The third-order valence-corrected chi connectivity index (χ3v) is 11.5. The Labute approximate surface area is 293 Å². The van der Waals surface area contributed by atoms with Crippen molar-refractivity contribution in [2.75, 3.05) is 4.90 Å². The molecule has 2 nitrogen and oxygen atoms in total. The van der Waals surface area contributed by atoms with Crippen LogP contribution in [-0.4, -0.2) is 0 Å². The maximum atomic E-state index is 6.65. The van der Waals surface area contributed by atoms with E-state index >= 15 is 0 Å². The molecule has 0 saturated heterocycles. The summed E-state index contributed by atoms with van der Waals surface area (Å²) in [4.78, 5) is 2.38. The summed E-state index contributed by atoms with van der Waals surface area (Å²) in [7, 11) is 0. The van der Waals surface area contributed by atoms with Crippen molar-refractivity contribution in [3.05, 3.63) is 174 Å². The largest absolute Gasteiger partial charge is 0.454 e. The van der Waals surface area contributed by atoms with Gasteiger partial charge in [-0.1, -0.05) is 143 Å². The maximum Gasteiger partial charge on any atom is 0.159 e. The van der Waals surface area contributed by atoms with Gasteiger partial charge in [0, 0.05) is 33.0 Å². The van der Waals surface area contributed by atoms with E-state index in [4.69, 9.17) is 4.42 Å². The summed E-state index contributed by atoms with van der Waals surface area (Å²) in [5, 5.41) is 2.25. The molecule has 0 spiro atoms. The van der Waals surface area contributed by atoms with E-state index < -0.39 is 0 Å². The summed E-state index contributed by atoms with van der Waals surface area (Å²) >= 11 is 0. The maximum absolute atomic E-state index is 6.65. The van der Waals surface area contributed by atoms with Crippen LogP contribution in [0.15, 0.2) is 156 Å². The van der Waals surface area contributed by atoms with Crippen LogP contribution < -0.4 is 4.90 Å². The fraction of sp³-hybridized carbons (Fsp3) is 0.125. The first-order chi connectivity index (χ1) is 24.3. The molecule has 2 aliphatic rings. The Morgan fingerprint density at radius 3 is 1.82 bits per heavy atom. The predicted octanol–water partition coefficient (Wildman–Crippen LogP) is 13.3. The lowest BCUT2D eigenvalue weighted by atomic mass is 9.79. The van der Waals surface area contributed by atoms with E-state index in [1.165, 1.54) is 55.6 Å². The molecule has 1 aromatic heterocycles. The van der Waals surface area contributed by atoms with Crippen molar-refractivity contribution in [3.63, 3.8) is 0 Å². The Morgan fingerprint density at radius 1 is 0.440 bits per heavy atom. The summed E-state index contributed by atoms with van der Waals surface area (Å²) in [6.45, 7) is 9.41. The molecule has 0 amide bonds. The average molecular weight is 644 g/mol. The molecule has 2 heteroatoms. The normalized spacial score (nSPS) is 14.7. The van der Waals surface area contributed by atoms with Gasteiger partial charge in [-0.2, -0.15) is 0 Å². The van der Waals surface area contributed by atoms with Crippen molar-refractivity contribution in [1.82, 2.24) is 0 Å². The predicted molar refractivity (Wildman–Crippen MR) is 209 cm³/mol. The third kappa shape index (κ3) is 3.96. The second-order valence-electron chi connectivity index (χ2n) is 14.9. The van der Waals surface area contributed by atoms with Gasteiger partial charge in [0.2, 0.25) is 0 Å². The van der Waals surface area contributed by atoms with Crippen molar-refractivity contribution in [2.45, 2.75) is 38.5 Å². The van der Waals surface area contributed by atoms with Crippen molar-refractivity contribution < 1.29 is 4.42 Å². The molecular formula is C48H37NO. The summed E-state index contributed by atoms with van der Waals surface area (Å²) in [5.74, 6) is 0. The van der Waals surface area contributed by atoms with Crippen molar-refractivity contribution in [2.24, 2.45) is 0 Å². The Morgan fingerprint density at radius 2 is 1.02 bits per heavy atom. The van der Waals surface area contributed by atoms with Crippen LogP contribution >= 0.6 is 0 Å². The molecule has 0 fully saturated rings. The molecule has 1 heterocycles. The second kappa shape index (κ2) is 10.3. The highest BCUT2D eigenvalue weighted by molar-refractivity contribution is 6.10. The molecule has 50 heavy (non-hydrogen) atoms. The van der Waals surface area contributed by atoms with Crippen LogP contribution in [0.1, 0.15) is 49.9 Å². The van der Waals surface area contributed by atoms with E-state index in [0.29, 0.717) is 0 Å². The van der Waals surface area contributed by atoms with Crippen molar-refractivity contribution >= 4 is 39.0 Å². The third-order valence-electron chi connectivity index (χ3n) is 11.5. The number of hydrogen-bond donors (Lipinski definition) is 0. The zero-order valence-electron chi connectivity index (χ0n) is 28.8. The van der Waals surface area contributed by atoms with Crippen molar-refractivity contribution in [3.8, 4) is 33.4 Å². The van der Waals surface area contributed by atoms with Gasteiger partial charge in [0.05, 0.1) is 5.69 Å². The Hall–Kier alpha value is -5.86. The van der Waals surface area contributed by atoms with Gasteiger partial charge < -0.3 is 9.32 Å². The van der Waals surface area contributed by atoms with E-state index in [2.05, 4.69) is 178 Å². The van der Waals surface area contributed by atoms with Crippen LogP contribution in [-0.2, 0) is 10.8 Å². The van der Waals surface area contributed by atoms with Crippen molar-refractivity contribution in [1.29, 1.82) is 0 Å². The molecule has 2 aliphatic carbocycles. The zero-order valence-corrected chi connectivity index (χ0v) is 28.8. The number of anilines is 3. The highest BCUT2D eigenvalue weighted by Gasteiger charge is 2.38. The monoisotopic (exact) mass is 643 g/mol. The molecule has 0 atom stereocenters. The molecule has 0 radical (unpaired) electrons. The quantitative estimate of drug-likeness (QED) is 0.190. The number of para-hydroxylation sites is 2. The molecule has 240 valence electrons. The molecule has 7 aromatic carbocycles. The lowest BCUT2D eigenvalue weighted by molar-refractivity contribution is 0.660. The van der Waals surface area contributed by atoms with Gasteiger partial charge in [-0.3, -0.25) is 0 Å². The summed E-state index contributed by atoms with van der Waals surface area (Å²) in [6, 6.07) is 55.5. The molecule has 0 unspecified atom stereocenters. The van der Waals surface area contributed by atoms with Crippen LogP contribution in [0.5, 0.6) is 0 Å². The molecular weight excluding hydrogens is 607 g/mol. The van der Waals surface area contributed by atoms with Gasteiger partial charge >= 0.3 is 0 Å². The van der Waals surface area contributed by atoms with E-state index in [9.17, 15) is 0 Å². The molecule has 0 saturated carbocycles. The Bertz CT molecular complexity index is 2650.